The molecule has 1 fully saturated rings. The van der Waals surface area contributed by atoms with Crippen LogP contribution in [0.2, 0.25) is 0 Å². The van der Waals surface area contributed by atoms with Crippen molar-refractivity contribution in [3.63, 3.8) is 0 Å². The largest absolute Gasteiger partial charge is 0.471 e. The molecule has 0 radical (unpaired) electrons. The molecule has 2 aliphatic rings. The first kappa shape index (κ1) is 16.6. The average molecular weight is 367 g/mol. The first-order valence-corrected chi connectivity index (χ1v) is 7.75. The second-order valence-electron chi connectivity index (χ2n) is 6.22. The van der Waals surface area contributed by atoms with Crippen LogP contribution in [0.15, 0.2) is 33.9 Å². The molecule has 2 unspecified atom stereocenters. The van der Waals surface area contributed by atoms with Gasteiger partial charge in [0.1, 0.15) is 6.10 Å². The van der Waals surface area contributed by atoms with Crippen molar-refractivity contribution in [3.05, 3.63) is 35.7 Å². The van der Waals surface area contributed by atoms with Gasteiger partial charge in [-0.05, 0) is 12.5 Å². The summed E-state index contributed by atoms with van der Waals surface area (Å²) in [5.74, 6) is -2.01. The van der Waals surface area contributed by atoms with E-state index in [9.17, 15) is 18.0 Å². The van der Waals surface area contributed by atoms with Gasteiger partial charge in [-0.25, -0.2) is 4.79 Å². The van der Waals surface area contributed by atoms with Crippen molar-refractivity contribution in [1.29, 1.82) is 0 Å². The monoisotopic (exact) mass is 367 g/mol. The van der Waals surface area contributed by atoms with Gasteiger partial charge in [0, 0.05) is 18.4 Å². The van der Waals surface area contributed by atoms with Crippen LogP contribution >= 0.6 is 0 Å². The van der Waals surface area contributed by atoms with Crippen molar-refractivity contribution in [2.45, 2.75) is 37.6 Å². The number of halogens is 3. The number of cyclic esters (lactones) is 1. The summed E-state index contributed by atoms with van der Waals surface area (Å²) in [6.45, 7) is 1.78. The summed E-state index contributed by atoms with van der Waals surface area (Å²) in [6.07, 6.45) is -4.24. The molecule has 4 rings (SSSR count). The third-order valence-electron chi connectivity index (χ3n) is 4.23. The van der Waals surface area contributed by atoms with Crippen LogP contribution in [0.4, 0.5) is 13.2 Å². The molecule has 3 heterocycles. The molecule has 7 nitrogen and oxygen atoms in total. The highest BCUT2D eigenvalue weighted by molar-refractivity contribution is 6.05. The number of carbonyl (C=O) groups excluding carboxylic acids is 1. The van der Waals surface area contributed by atoms with Gasteiger partial charge in [0.05, 0.1) is 5.71 Å². The number of ether oxygens (including phenoxy) is 1. The van der Waals surface area contributed by atoms with Crippen LogP contribution in [-0.2, 0) is 20.5 Å². The zero-order valence-corrected chi connectivity index (χ0v) is 13.4. The number of aromatic nitrogens is 2. The molecular weight excluding hydrogens is 355 g/mol. The summed E-state index contributed by atoms with van der Waals surface area (Å²) >= 11 is 0. The number of oxime groups is 1. The number of hydrogen-bond donors (Lipinski definition) is 0. The van der Waals surface area contributed by atoms with E-state index >= 15 is 0 Å². The predicted molar refractivity (Wildman–Crippen MR) is 79.9 cm³/mol. The van der Waals surface area contributed by atoms with E-state index in [1.54, 1.807) is 31.2 Å². The zero-order chi connectivity index (χ0) is 18.5. The molecule has 1 aromatic carbocycles. The minimum atomic E-state index is -4.69. The summed E-state index contributed by atoms with van der Waals surface area (Å²) in [5, 5.41) is 7.32. The van der Waals surface area contributed by atoms with Crippen LogP contribution < -0.4 is 0 Å². The lowest BCUT2D eigenvalue weighted by Gasteiger charge is -2.14. The fourth-order valence-corrected chi connectivity index (χ4v) is 3.00. The second-order valence-corrected chi connectivity index (χ2v) is 6.22. The molecule has 136 valence electrons. The van der Waals surface area contributed by atoms with Crippen LogP contribution in [0.3, 0.4) is 0 Å². The average Bonchev–Trinajstić information content (AvgIpc) is 3.28. The molecule has 0 aliphatic carbocycles. The van der Waals surface area contributed by atoms with Crippen molar-refractivity contribution >= 4 is 11.7 Å². The molecule has 1 spiro atoms. The third-order valence-corrected chi connectivity index (χ3v) is 4.23. The smallest absolute Gasteiger partial charge is 0.459 e. The van der Waals surface area contributed by atoms with Gasteiger partial charge in [0.15, 0.2) is 0 Å². The highest BCUT2D eigenvalue weighted by atomic mass is 19.4. The maximum absolute atomic E-state index is 12.5. The first-order chi connectivity index (χ1) is 12.3. The lowest BCUT2D eigenvalue weighted by molar-refractivity contribution is -0.159. The van der Waals surface area contributed by atoms with E-state index in [1.807, 2.05) is 0 Å². The molecular formula is C16H12F3N3O4. The Balaban J connectivity index is 1.52. The maximum atomic E-state index is 12.5. The molecule has 0 bridgehead atoms. The Morgan fingerprint density at radius 2 is 1.88 bits per heavy atom. The van der Waals surface area contributed by atoms with Crippen molar-refractivity contribution < 1.29 is 32.1 Å². The van der Waals surface area contributed by atoms with Crippen LogP contribution in [0.25, 0.3) is 11.4 Å². The lowest BCUT2D eigenvalue weighted by atomic mass is 9.91. The van der Waals surface area contributed by atoms with E-state index in [-0.39, 0.29) is 18.3 Å². The summed E-state index contributed by atoms with van der Waals surface area (Å²) in [5.41, 5.74) is 0.517. The topological polar surface area (TPSA) is 86.8 Å². The van der Waals surface area contributed by atoms with E-state index in [0.29, 0.717) is 23.3 Å². The third kappa shape index (κ3) is 2.71. The number of rotatable bonds is 2. The molecule has 1 aromatic heterocycles. The van der Waals surface area contributed by atoms with Gasteiger partial charge in [-0.2, -0.15) is 18.2 Å². The summed E-state index contributed by atoms with van der Waals surface area (Å²) in [4.78, 5) is 20.7. The molecule has 26 heavy (non-hydrogen) atoms. The highest BCUT2D eigenvalue weighted by Crippen LogP contribution is 2.38. The predicted octanol–water partition coefficient (Wildman–Crippen LogP) is 2.95. The Kier molecular flexibility index (Phi) is 3.53. The van der Waals surface area contributed by atoms with Gasteiger partial charge >= 0.3 is 18.0 Å². The number of carbonyl (C=O) groups is 1. The Hall–Kier alpha value is -2.91. The summed E-state index contributed by atoms with van der Waals surface area (Å²) in [6, 6.07) is 6.38. The molecule has 0 amide bonds. The van der Waals surface area contributed by atoms with E-state index in [4.69, 9.17) is 9.57 Å². The normalized spacial score (nSPS) is 25.3. The van der Waals surface area contributed by atoms with E-state index in [1.165, 1.54) is 0 Å². The number of esters is 1. The van der Waals surface area contributed by atoms with Crippen LogP contribution in [-0.4, -0.2) is 33.5 Å². The Bertz CT molecular complexity index is 891. The fraction of sp³-hybridized carbons (Fsp3) is 0.375. The van der Waals surface area contributed by atoms with Gasteiger partial charge in [0.25, 0.3) is 0 Å². The molecule has 2 aliphatic heterocycles. The van der Waals surface area contributed by atoms with Crippen LogP contribution in [0, 0.1) is 0 Å². The maximum Gasteiger partial charge on any atom is 0.471 e. The molecule has 0 saturated carbocycles. The summed E-state index contributed by atoms with van der Waals surface area (Å²) in [7, 11) is 0. The molecule has 1 saturated heterocycles. The van der Waals surface area contributed by atoms with Crippen molar-refractivity contribution in [3.8, 4) is 11.4 Å². The summed E-state index contributed by atoms with van der Waals surface area (Å²) < 4.78 is 46.9. The lowest BCUT2D eigenvalue weighted by Crippen LogP contribution is -2.34. The van der Waals surface area contributed by atoms with Crippen LogP contribution in [0.1, 0.15) is 31.2 Å². The fourth-order valence-electron chi connectivity index (χ4n) is 3.00. The van der Waals surface area contributed by atoms with Crippen molar-refractivity contribution in [2.75, 3.05) is 0 Å². The van der Waals surface area contributed by atoms with Gasteiger partial charge in [0.2, 0.25) is 11.4 Å². The van der Waals surface area contributed by atoms with Crippen molar-refractivity contribution in [2.24, 2.45) is 5.16 Å². The standard InChI is InChI=1S/C16H12F3N3O4/c1-8-6-15(14(23)24-8)7-11(21-26-15)9-2-4-10(5-3-9)12-20-13(25-22-12)16(17,18)19/h2-5,8H,6-7H2,1H3. The molecule has 10 heteroatoms. The quantitative estimate of drug-likeness (QED) is 0.759. The first-order valence-electron chi connectivity index (χ1n) is 7.75. The highest BCUT2D eigenvalue weighted by Gasteiger charge is 2.54. The molecule has 2 atom stereocenters. The Morgan fingerprint density at radius 1 is 1.19 bits per heavy atom. The van der Waals surface area contributed by atoms with E-state index in [0.717, 1.165) is 0 Å². The second kappa shape index (κ2) is 5.55. The number of alkyl halides is 3. The van der Waals surface area contributed by atoms with E-state index < -0.39 is 23.6 Å². The molecule has 2 aromatic rings. The van der Waals surface area contributed by atoms with Gasteiger partial charge < -0.3 is 14.1 Å². The number of nitrogens with zero attached hydrogens (tertiary/aromatic N) is 3. The van der Waals surface area contributed by atoms with Gasteiger partial charge in [-0.15, -0.1) is 0 Å². The van der Waals surface area contributed by atoms with Gasteiger partial charge in [-0.1, -0.05) is 34.6 Å². The number of hydrogen-bond acceptors (Lipinski definition) is 7. The minimum Gasteiger partial charge on any atom is -0.459 e. The van der Waals surface area contributed by atoms with Crippen LogP contribution in [0.5, 0.6) is 0 Å². The number of benzene rings is 1. The van der Waals surface area contributed by atoms with Gasteiger partial charge in [-0.3, -0.25) is 0 Å². The Morgan fingerprint density at radius 3 is 2.46 bits per heavy atom. The molecule has 0 N–H and O–H groups in total. The van der Waals surface area contributed by atoms with Crippen molar-refractivity contribution in [1.82, 2.24) is 10.1 Å². The zero-order valence-electron chi connectivity index (χ0n) is 13.4. The van der Waals surface area contributed by atoms with E-state index in [2.05, 4.69) is 19.8 Å². The minimum absolute atomic E-state index is 0.168. The Labute approximate surface area is 144 Å². The SMILES string of the molecule is CC1CC2(CC(c3ccc(-c4noc(C(F)(F)F)n4)cc3)=NO2)C(=O)O1.